The third-order valence-electron chi connectivity index (χ3n) is 1.69. The van der Waals surface area contributed by atoms with Gasteiger partial charge in [-0.2, -0.15) is 5.26 Å². The Morgan fingerprint density at radius 2 is 2.12 bits per heavy atom. The summed E-state index contributed by atoms with van der Waals surface area (Å²) in [6, 6.07) is 4.91. The summed E-state index contributed by atoms with van der Waals surface area (Å²) in [6.07, 6.45) is -0.184. The molecule has 0 spiro atoms. The van der Waals surface area contributed by atoms with E-state index in [1.807, 2.05) is 0 Å². The van der Waals surface area contributed by atoms with Gasteiger partial charge in [0.15, 0.2) is 11.9 Å². The van der Waals surface area contributed by atoms with Crippen molar-refractivity contribution in [2.45, 2.75) is 12.8 Å². The molecule has 0 aliphatic carbocycles. The van der Waals surface area contributed by atoms with Gasteiger partial charge in [-0.25, -0.2) is 0 Å². The number of ketones is 1. The maximum Gasteiger partial charge on any atom is 0.303 e. The van der Waals surface area contributed by atoms with Gasteiger partial charge in [-0.05, 0) is 18.1 Å². The van der Waals surface area contributed by atoms with Crippen LogP contribution < -0.4 is 0 Å². The highest BCUT2D eigenvalue weighted by Crippen LogP contribution is 2.17. The average Bonchev–Trinajstić information content (AvgIpc) is 2.71. The topological polar surface area (TPSA) is 78.2 Å². The van der Waals surface area contributed by atoms with E-state index in [-0.39, 0.29) is 18.6 Å². The molecule has 0 aliphatic heterocycles. The van der Waals surface area contributed by atoms with Crippen molar-refractivity contribution >= 4 is 23.1 Å². The van der Waals surface area contributed by atoms with Gasteiger partial charge in [-0.3, -0.25) is 9.59 Å². The van der Waals surface area contributed by atoms with Gasteiger partial charge < -0.3 is 5.11 Å². The minimum Gasteiger partial charge on any atom is -0.481 e. The quantitative estimate of drug-likeness (QED) is 0.633. The van der Waals surface area contributed by atoms with Gasteiger partial charge in [0, 0.05) is 12.3 Å². The van der Waals surface area contributed by atoms with Crippen molar-refractivity contribution in [1.29, 1.82) is 5.26 Å². The second-order valence-electron chi connectivity index (χ2n) is 2.84. The predicted octanol–water partition coefficient (Wildman–Crippen LogP) is 1.67. The van der Waals surface area contributed by atoms with E-state index in [0.717, 1.165) is 0 Å². The summed E-state index contributed by atoms with van der Waals surface area (Å²) in [7, 11) is 0. The smallest absolute Gasteiger partial charge is 0.303 e. The highest BCUT2D eigenvalue weighted by molar-refractivity contribution is 7.14. The predicted molar refractivity (Wildman–Crippen MR) is 58.0 cm³/mol. The van der Waals surface area contributed by atoms with Gasteiger partial charge in [-0.15, -0.1) is 11.3 Å². The second-order valence-corrected chi connectivity index (χ2v) is 3.93. The molecule has 1 aromatic rings. The molecule has 0 fully saturated rings. The Labute approximate surface area is 96.1 Å². The monoisotopic (exact) mass is 233 g/mol. The molecular formula is C11H7NO3S. The van der Waals surface area contributed by atoms with E-state index in [1.54, 1.807) is 18.2 Å². The highest BCUT2D eigenvalue weighted by Gasteiger charge is 2.10. The van der Waals surface area contributed by atoms with Crippen LogP contribution in [0.5, 0.6) is 0 Å². The molecule has 0 bridgehead atoms. The summed E-state index contributed by atoms with van der Waals surface area (Å²) >= 11 is 1.17. The van der Waals surface area contributed by atoms with Crippen LogP contribution in [0, 0.1) is 23.2 Å². The Morgan fingerprint density at radius 1 is 1.38 bits per heavy atom. The van der Waals surface area contributed by atoms with Crippen LogP contribution in [0.4, 0.5) is 0 Å². The Kier molecular flexibility index (Phi) is 4.26. The van der Waals surface area contributed by atoms with E-state index in [0.29, 0.717) is 9.75 Å². The summed E-state index contributed by atoms with van der Waals surface area (Å²) in [5.74, 6) is 3.60. The van der Waals surface area contributed by atoms with Crippen molar-refractivity contribution in [2.75, 3.05) is 0 Å². The van der Waals surface area contributed by atoms with E-state index in [2.05, 4.69) is 11.8 Å². The van der Waals surface area contributed by atoms with Gasteiger partial charge in [0.05, 0.1) is 16.2 Å². The molecule has 0 unspecified atom stereocenters. The summed E-state index contributed by atoms with van der Waals surface area (Å²) in [6.45, 7) is 0. The molecule has 80 valence electrons. The number of nitriles is 1. The normalized spacial score (nSPS) is 8.69. The number of carbonyl (C=O) groups is 2. The lowest BCUT2D eigenvalue weighted by atomic mass is 10.2. The van der Waals surface area contributed by atoms with E-state index in [9.17, 15) is 9.59 Å². The van der Waals surface area contributed by atoms with Crippen LogP contribution in [-0.2, 0) is 4.79 Å². The van der Waals surface area contributed by atoms with Crippen LogP contribution in [0.25, 0.3) is 0 Å². The number of aliphatic carboxylic acids is 1. The van der Waals surface area contributed by atoms with Crippen LogP contribution in [-0.4, -0.2) is 16.9 Å². The first kappa shape index (κ1) is 12.0. The molecule has 16 heavy (non-hydrogen) atoms. The van der Waals surface area contributed by atoms with E-state index < -0.39 is 5.97 Å². The lowest BCUT2D eigenvalue weighted by Crippen LogP contribution is -2.01. The number of carboxylic acid groups (broad SMARTS) is 1. The van der Waals surface area contributed by atoms with Gasteiger partial charge in [-0.1, -0.05) is 0 Å². The van der Waals surface area contributed by atoms with Crippen molar-refractivity contribution in [3.63, 3.8) is 0 Å². The summed E-state index contributed by atoms with van der Waals surface area (Å²) in [5.41, 5.74) is 0. The molecule has 1 heterocycles. The van der Waals surface area contributed by atoms with E-state index in [4.69, 9.17) is 10.4 Å². The zero-order valence-electron chi connectivity index (χ0n) is 8.19. The minimum absolute atomic E-state index is 0.0129. The van der Waals surface area contributed by atoms with Crippen molar-refractivity contribution < 1.29 is 14.7 Å². The molecule has 0 aliphatic rings. The second kappa shape index (κ2) is 5.69. The number of carbonyl (C=O) groups excluding carboxylic acids is 1. The highest BCUT2D eigenvalue weighted by atomic mass is 32.1. The van der Waals surface area contributed by atoms with E-state index in [1.165, 1.54) is 11.3 Å². The first-order chi connectivity index (χ1) is 7.63. The van der Waals surface area contributed by atoms with Crippen molar-refractivity contribution in [1.82, 2.24) is 0 Å². The van der Waals surface area contributed by atoms with Gasteiger partial charge in [0.1, 0.15) is 0 Å². The molecule has 0 aromatic carbocycles. The molecule has 0 amide bonds. The summed E-state index contributed by atoms with van der Waals surface area (Å²) in [4.78, 5) is 22.8. The molecule has 0 radical (unpaired) electrons. The summed E-state index contributed by atoms with van der Waals surface area (Å²) in [5, 5.41) is 16.7. The van der Waals surface area contributed by atoms with Crippen LogP contribution in [0.3, 0.4) is 0 Å². The molecule has 4 nitrogen and oxygen atoms in total. The Balaban J connectivity index is 2.67. The number of thiophene rings is 1. The first-order valence-corrected chi connectivity index (χ1v) is 5.20. The Bertz CT molecular complexity index is 513. The molecule has 1 N–H and O–H groups in total. The maximum absolute atomic E-state index is 11.5. The average molecular weight is 233 g/mol. The fourth-order valence-electron chi connectivity index (χ4n) is 0.988. The zero-order valence-corrected chi connectivity index (χ0v) is 9.00. The third kappa shape index (κ3) is 3.56. The zero-order chi connectivity index (χ0) is 12.0. The van der Waals surface area contributed by atoms with Crippen LogP contribution >= 0.6 is 11.3 Å². The van der Waals surface area contributed by atoms with Gasteiger partial charge >= 0.3 is 5.97 Å². The lowest BCUT2D eigenvalue weighted by Gasteiger charge is -1.92. The lowest BCUT2D eigenvalue weighted by molar-refractivity contribution is -0.136. The van der Waals surface area contributed by atoms with Crippen molar-refractivity contribution in [3.05, 3.63) is 21.9 Å². The molecular weight excluding hydrogens is 226 g/mol. The SMILES string of the molecule is N#CC#Cc1ccc(C(=O)CCC(=O)O)s1. The number of nitrogens with zero attached hydrogens (tertiary/aromatic N) is 1. The first-order valence-electron chi connectivity index (χ1n) is 4.38. The molecule has 0 saturated heterocycles. The molecule has 0 saturated carbocycles. The van der Waals surface area contributed by atoms with Crippen LogP contribution in [0.15, 0.2) is 12.1 Å². The standard InChI is InChI=1S/C11H7NO3S/c12-7-1-2-8-3-5-10(16-8)9(13)4-6-11(14)15/h3,5H,4,6H2,(H,14,15). The molecule has 1 aromatic heterocycles. The minimum atomic E-state index is -0.991. The number of Topliss-reactive ketones (excluding diaryl/α,β-unsaturated/α-hetero) is 1. The van der Waals surface area contributed by atoms with Crippen molar-refractivity contribution in [3.8, 4) is 17.9 Å². The number of carboxylic acids is 1. The third-order valence-corrected chi connectivity index (χ3v) is 2.73. The number of rotatable bonds is 4. The molecule has 0 atom stereocenters. The molecule has 1 rings (SSSR count). The number of hydrogen-bond acceptors (Lipinski definition) is 4. The van der Waals surface area contributed by atoms with Crippen molar-refractivity contribution in [2.24, 2.45) is 0 Å². The summed E-state index contributed by atoms with van der Waals surface area (Å²) < 4.78 is 0. The van der Waals surface area contributed by atoms with Gasteiger partial charge in [0.2, 0.25) is 0 Å². The van der Waals surface area contributed by atoms with Gasteiger partial charge in [0.25, 0.3) is 0 Å². The fraction of sp³-hybridized carbons (Fsp3) is 0.182. The number of hydrogen-bond donors (Lipinski definition) is 1. The fourth-order valence-corrected chi connectivity index (χ4v) is 1.82. The largest absolute Gasteiger partial charge is 0.481 e. The van der Waals surface area contributed by atoms with Crippen LogP contribution in [0.1, 0.15) is 27.4 Å². The van der Waals surface area contributed by atoms with E-state index >= 15 is 0 Å². The van der Waals surface area contributed by atoms with Crippen LogP contribution in [0.2, 0.25) is 0 Å². The Hall–Kier alpha value is -2.11. The Morgan fingerprint density at radius 3 is 2.75 bits per heavy atom. The maximum atomic E-state index is 11.5. The molecule has 5 heteroatoms.